The maximum atomic E-state index is 4.78. The van der Waals surface area contributed by atoms with Gasteiger partial charge in [0, 0.05) is 44.0 Å². The largest absolute Gasteiger partial charge is 0.337 e. The van der Waals surface area contributed by atoms with E-state index in [1.165, 1.54) is 9.75 Å². The van der Waals surface area contributed by atoms with Gasteiger partial charge in [-0.3, -0.25) is 0 Å². The molecule has 2 N–H and O–H groups in total. The third-order valence-corrected chi connectivity index (χ3v) is 8.16. The molecule has 0 aliphatic heterocycles. The molecule has 0 aromatic carbocycles. The Balaban J connectivity index is 1.60. The summed E-state index contributed by atoms with van der Waals surface area (Å²) in [5, 5.41) is 5.76. The predicted octanol–water partition coefficient (Wildman–Crippen LogP) is 5.29. The summed E-state index contributed by atoms with van der Waals surface area (Å²) >= 11 is 6.46. The second-order valence-electron chi connectivity index (χ2n) is 6.92. The van der Waals surface area contributed by atoms with Crippen molar-refractivity contribution in [3.63, 3.8) is 0 Å². The molecule has 0 bridgehead atoms. The van der Waals surface area contributed by atoms with E-state index in [9.17, 15) is 0 Å². The SMILES string of the molecule is CCc1cnc(/N=c2\[nH]c(C(C)(C)c3csc(/N=c4\[nH]cc(CC)s4)n3)cs2)s1. The molecule has 0 atom stereocenters. The molecule has 4 heterocycles. The Labute approximate surface area is 184 Å². The minimum Gasteiger partial charge on any atom is -0.337 e. The van der Waals surface area contributed by atoms with Crippen LogP contribution in [0.5, 0.6) is 0 Å². The molecule has 4 aromatic heterocycles. The Bertz CT molecular complexity index is 1230. The van der Waals surface area contributed by atoms with E-state index in [1.807, 2.05) is 12.4 Å². The quantitative estimate of drug-likeness (QED) is 0.408. The first-order valence-electron chi connectivity index (χ1n) is 9.33. The van der Waals surface area contributed by atoms with Gasteiger partial charge in [0.2, 0.25) is 10.3 Å². The molecule has 29 heavy (non-hydrogen) atoms. The summed E-state index contributed by atoms with van der Waals surface area (Å²) in [5.74, 6) is 0. The van der Waals surface area contributed by atoms with Crippen molar-refractivity contribution in [1.29, 1.82) is 0 Å². The Hall–Kier alpha value is -1.88. The van der Waals surface area contributed by atoms with Crippen molar-refractivity contribution in [3.05, 3.63) is 53.9 Å². The summed E-state index contributed by atoms with van der Waals surface area (Å²) in [4.78, 5) is 29.4. The lowest BCUT2D eigenvalue weighted by molar-refractivity contribution is 0.602. The summed E-state index contributed by atoms with van der Waals surface area (Å²) < 4.78 is 0. The van der Waals surface area contributed by atoms with Gasteiger partial charge in [-0.15, -0.1) is 34.0 Å². The van der Waals surface area contributed by atoms with E-state index in [1.54, 1.807) is 45.3 Å². The molecular formula is C19H22N6S4. The summed E-state index contributed by atoms with van der Waals surface area (Å²) in [6.07, 6.45) is 5.91. The zero-order valence-electron chi connectivity index (χ0n) is 16.6. The van der Waals surface area contributed by atoms with Crippen LogP contribution in [0.25, 0.3) is 0 Å². The Morgan fingerprint density at radius 3 is 2.48 bits per heavy atom. The molecule has 0 saturated heterocycles. The number of hydrogen-bond donors (Lipinski definition) is 2. The van der Waals surface area contributed by atoms with Gasteiger partial charge in [-0.05, 0) is 26.7 Å². The average Bonchev–Trinajstić information content (AvgIpc) is 3.50. The van der Waals surface area contributed by atoms with Crippen molar-refractivity contribution in [2.24, 2.45) is 9.98 Å². The smallest absolute Gasteiger partial charge is 0.212 e. The normalized spacial score (nSPS) is 13.5. The molecule has 0 amide bonds. The second-order valence-corrected chi connectivity index (χ2v) is 10.8. The number of rotatable bonds is 6. The third-order valence-electron chi connectivity index (χ3n) is 4.55. The fourth-order valence-electron chi connectivity index (χ4n) is 2.63. The van der Waals surface area contributed by atoms with Crippen molar-refractivity contribution in [2.75, 3.05) is 0 Å². The van der Waals surface area contributed by atoms with Gasteiger partial charge in [-0.1, -0.05) is 25.2 Å². The molecule has 6 nitrogen and oxygen atoms in total. The van der Waals surface area contributed by atoms with Gasteiger partial charge >= 0.3 is 0 Å². The van der Waals surface area contributed by atoms with Crippen molar-refractivity contribution in [2.45, 2.75) is 46.0 Å². The zero-order valence-corrected chi connectivity index (χ0v) is 19.9. The van der Waals surface area contributed by atoms with Gasteiger partial charge in [0.05, 0.1) is 5.69 Å². The molecular weight excluding hydrogens is 441 g/mol. The van der Waals surface area contributed by atoms with Crippen LogP contribution in [-0.4, -0.2) is 19.9 Å². The Kier molecular flexibility index (Phi) is 5.95. The van der Waals surface area contributed by atoms with Gasteiger partial charge in [-0.25, -0.2) is 9.97 Å². The number of thiazole rings is 4. The highest BCUT2D eigenvalue weighted by atomic mass is 32.1. The zero-order chi connectivity index (χ0) is 20.4. The summed E-state index contributed by atoms with van der Waals surface area (Å²) in [6.45, 7) is 8.60. The monoisotopic (exact) mass is 462 g/mol. The van der Waals surface area contributed by atoms with Gasteiger partial charge in [-0.2, -0.15) is 9.98 Å². The Morgan fingerprint density at radius 1 is 0.966 bits per heavy atom. The molecule has 152 valence electrons. The van der Waals surface area contributed by atoms with E-state index in [0.29, 0.717) is 0 Å². The minimum atomic E-state index is -0.264. The van der Waals surface area contributed by atoms with Crippen LogP contribution in [0.15, 0.2) is 33.1 Å². The fraction of sp³-hybridized carbons (Fsp3) is 0.368. The number of aromatic nitrogens is 4. The van der Waals surface area contributed by atoms with Gasteiger partial charge < -0.3 is 9.97 Å². The summed E-state index contributed by atoms with van der Waals surface area (Å²) in [7, 11) is 0. The van der Waals surface area contributed by atoms with Crippen LogP contribution in [0.1, 0.15) is 48.8 Å². The number of aryl methyl sites for hydroxylation is 2. The highest BCUT2D eigenvalue weighted by molar-refractivity contribution is 7.15. The lowest BCUT2D eigenvalue weighted by Gasteiger charge is -2.20. The molecule has 10 heteroatoms. The van der Waals surface area contributed by atoms with Crippen molar-refractivity contribution in [1.82, 2.24) is 19.9 Å². The highest BCUT2D eigenvalue weighted by Crippen LogP contribution is 2.33. The molecule has 0 spiro atoms. The molecule has 4 rings (SSSR count). The van der Waals surface area contributed by atoms with Crippen LogP contribution in [0, 0.1) is 0 Å². The molecule has 0 radical (unpaired) electrons. The topological polar surface area (TPSA) is 82.1 Å². The van der Waals surface area contributed by atoms with Crippen molar-refractivity contribution < 1.29 is 0 Å². The van der Waals surface area contributed by atoms with Crippen LogP contribution in [-0.2, 0) is 18.3 Å². The minimum absolute atomic E-state index is 0.264. The molecule has 0 saturated carbocycles. The third kappa shape index (κ3) is 4.50. The van der Waals surface area contributed by atoms with Crippen LogP contribution in [0.3, 0.4) is 0 Å². The lowest BCUT2D eigenvalue weighted by Crippen LogP contribution is -2.21. The maximum Gasteiger partial charge on any atom is 0.212 e. The standard InChI is InChI=1S/C19H22N6S4/c1-5-11-7-20-15(28-11)24-17-22-13(9-26-17)19(3,4)14-10-27-18(23-14)25-16-21-8-12(6-2)29-16/h7-10H,5-6H2,1-4H3,(H,20,22,24)(H,21,23,25). The molecule has 0 unspecified atom stereocenters. The number of aromatic amines is 2. The summed E-state index contributed by atoms with van der Waals surface area (Å²) in [6, 6.07) is 0. The maximum absolute atomic E-state index is 4.78. The first kappa shape index (κ1) is 20.4. The lowest BCUT2D eigenvalue weighted by atomic mass is 9.87. The first-order valence-corrected chi connectivity index (χ1v) is 12.7. The summed E-state index contributed by atoms with van der Waals surface area (Å²) in [5.41, 5.74) is 1.82. The van der Waals surface area contributed by atoms with Gasteiger partial charge in [0.15, 0.2) is 9.60 Å². The van der Waals surface area contributed by atoms with Crippen LogP contribution < -0.4 is 9.60 Å². The number of hydrogen-bond acceptors (Lipinski definition) is 8. The molecule has 0 aliphatic rings. The van der Waals surface area contributed by atoms with Gasteiger partial charge in [0.25, 0.3) is 0 Å². The number of nitrogens with one attached hydrogen (secondary N) is 2. The average molecular weight is 463 g/mol. The molecule has 4 aromatic rings. The second kappa shape index (κ2) is 8.47. The van der Waals surface area contributed by atoms with E-state index in [-0.39, 0.29) is 5.41 Å². The van der Waals surface area contributed by atoms with E-state index in [0.717, 1.165) is 44.1 Å². The number of H-pyrrole nitrogens is 2. The van der Waals surface area contributed by atoms with Crippen LogP contribution in [0.4, 0.5) is 10.3 Å². The van der Waals surface area contributed by atoms with E-state index < -0.39 is 0 Å². The van der Waals surface area contributed by atoms with E-state index in [4.69, 9.17) is 4.98 Å². The van der Waals surface area contributed by atoms with Crippen molar-refractivity contribution in [3.8, 4) is 0 Å². The van der Waals surface area contributed by atoms with Crippen LogP contribution in [0.2, 0.25) is 0 Å². The van der Waals surface area contributed by atoms with Gasteiger partial charge in [0.1, 0.15) is 0 Å². The van der Waals surface area contributed by atoms with Crippen molar-refractivity contribution >= 4 is 55.6 Å². The molecule has 0 aliphatic carbocycles. The van der Waals surface area contributed by atoms with E-state index in [2.05, 4.69) is 63.4 Å². The van der Waals surface area contributed by atoms with E-state index >= 15 is 0 Å². The predicted molar refractivity (Wildman–Crippen MR) is 123 cm³/mol. The number of nitrogens with zero attached hydrogens (tertiary/aromatic N) is 4. The highest BCUT2D eigenvalue weighted by Gasteiger charge is 2.27. The van der Waals surface area contributed by atoms with Crippen LogP contribution >= 0.6 is 45.3 Å². The molecule has 0 fully saturated rings. The Morgan fingerprint density at radius 2 is 1.76 bits per heavy atom. The first-order chi connectivity index (χ1) is 14.0. The fourth-order valence-corrected chi connectivity index (χ4v) is 5.98.